The number of hydrogen-bond acceptors (Lipinski definition) is 2. The van der Waals surface area contributed by atoms with Crippen molar-refractivity contribution in [2.75, 3.05) is 13.6 Å². The van der Waals surface area contributed by atoms with Crippen LogP contribution in [0, 0.1) is 11.6 Å². The standard InChI is InChI=1S/C14H14F2N2O/c1-18-6-2-3-11(18)14(19)8-7-17-10-5-4-9(15)13(16)12(8)10/h4-5,7,11,17H,2-3,6H2,1H3/t11-/m0/s1. The molecule has 1 atom stereocenters. The number of nitrogens with one attached hydrogen (secondary N) is 1. The molecule has 0 unspecified atom stereocenters. The van der Waals surface area contributed by atoms with Crippen LogP contribution >= 0.6 is 0 Å². The summed E-state index contributed by atoms with van der Waals surface area (Å²) in [7, 11) is 1.88. The number of carbonyl (C=O) groups is 1. The van der Waals surface area contributed by atoms with Crippen molar-refractivity contribution in [2.45, 2.75) is 18.9 Å². The highest BCUT2D eigenvalue weighted by molar-refractivity contribution is 6.10. The lowest BCUT2D eigenvalue weighted by molar-refractivity contribution is 0.0892. The smallest absolute Gasteiger partial charge is 0.182 e. The summed E-state index contributed by atoms with van der Waals surface area (Å²) in [5.74, 6) is -2.03. The van der Waals surface area contributed by atoms with Crippen LogP contribution in [0.3, 0.4) is 0 Å². The number of H-pyrrole nitrogens is 1. The maximum atomic E-state index is 13.9. The molecule has 0 spiro atoms. The molecule has 3 rings (SSSR count). The lowest BCUT2D eigenvalue weighted by atomic mass is 10.0. The number of rotatable bonds is 2. The second kappa shape index (κ2) is 4.42. The van der Waals surface area contributed by atoms with Crippen molar-refractivity contribution < 1.29 is 13.6 Å². The number of likely N-dealkylation sites (tertiary alicyclic amines) is 1. The number of carbonyl (C=O) groups excluding carboxylic acids is 1. The van der Waals surface area contributed by atoms with Gasteiger partial charge in [-0.05, 0) is 38.6 Å². The average Bonchev–Trinajstić information content (AvgIpc) is 2.99. The van der Waals surface area contributed by atoms with E-state index in [1.54, 1.807) is 0 Å². The number of likely N-dealkylation sites (N-methyl/N-ethyl adjacent to an activating group) is 1. The largest absolute Gasteiger partial charge is 0.360 e. The van der Waals surface area contributed by atoms with Gasteiger partial charge in [0, 0.05) is 22.7 Å². The monoisotopic (exact) mass is 264 g/mol. The molecule has 1 aromatic carbocycles. The lowest BCUT2D eigenvalue weighted by Gasteiger charge is -2.17. The first kappa shape index (κ1) is 12.3. The van der Waals surface area contributed by atoms with Gasteiger partial charge in [-0.2, -0.15) is 0 Å². The quantitative estimate of drug-likeness (QED) is 0.847. The summed E-state index contributed by atoms with van der Waals surface area (Å²) in [5, 5.41) is 0.0605. The van der Waals surface area contributed by atoms with E-state index in [1.165, 1.54) is 12.3 Å². The highest BCUT2D eigenvalue weighted by atomic mass is 19.2. The minimum atomic E-state index is -0.956. The van der Waals surface area contributed by atoms with Crippen LogP contribution in [0.5, 0.6) is 0 Å². The molecule has 0 saturated carbocycles. The predicted molar refractivity (Wildman–Crippen MR) is 68.2 cm³/mol. The molecule has 19 heavy (non-hydrogen) atoms. The Morgan fingerprint density at radius 3 is 2.89 bits per heavy atom. The molecule has 0 radical (unpaired) electrons. The minimum absolute atomic E-state index is 0.0605. The summed E-state index contributed by atoms with van der Waals surface area (Å²) < 4.78 is 27.2. The zero-order valence-electron chi connectivity index (χ0n) is 10.5. The Morgan fingerprint density at radius 1 is 1.42 bits per heavy atom. The van der Waals surface area contributed by atoms with Crippen LogP contribution in [0.1, 0.15) is 23.2 Å². The predicted octanol–water partition coefficient (Wildman–Crippen LogP) is 2.72. The Morgan fingerprint density at radius 2 is 2.21 bits per heavy atom. The third kappa shape index (κ3) is 1.85. The normalized spacial score (nSPS) is 20.3. The molecule has 1 aliphatic heterocycles. The van der Waals surface area contributed by atoms with Crippen LogP contribution < -0.4 is 0 Å². The molecule has 0 aliphatic carbocycles. The van der Waals surface area contributed by atoms with Crippen LogP contribution in [0.25, 0.3) is 10.9 Å². The molecule has 1 aromatic heterocycles. The van der Waals surface area contributed by atoms with Crippen molar-refractivity contribution in [2.24, 2.45) is 0 Å². The number of Topliss-reactive ketones (excluding diaryl/α,β-unsaturated/α-hetero) is 1. The number of benzene rings is 1. The van der Waals surface area contributed by atoms with Crippen molar-refractivity contribution >= 4 is 16.7 Å². The SMILES string of the molecule is CN1CCC[C@H]1C(=O)c1c[nH]c2ccc(F)c(F)c12. The third-order valence-electron chi connectivity index (χ3n) is 3.82. The van der Waals surface area contributed by atoms with E-state index in [1.807, 2.05) is 11.9 Å². The molecule has 100 valence electrons. The molecule has 1 fully saturated rings. The Kier molecular flexibility index (Phi) is 2.86. The highest BCUT2D eigenvalue weighted by Gasteiger charge is 2.30. The molecule has 0 bridgehead atoms. The summed E-state index contributed by atoms with van der Waals surface area (Å²) >= 11 is 0. The van der Waals surface area contributed by atoms with E-state index in [-0.39, 0.29) is 22.8 Å². The molecule has 3 nitrogen and oxygen atoms in total. The van der Waals surface area contributed by atoms with Gasteiger partial charge in [-0.3, -0.25) is 9.69 Å². The zero-order valence-corrected chi connectivity index (χ0v) is 10.5. The van der Waals surface area contributed by atoms with Gasteiger partial charge in [0.05, 0.1) is 6.04 Å². The Balaban J connectivity index is 2.10. The summed E-state index contributed by atoms with van der Waals surface area (Å²) in [5.41, 5.74) is 0.689. The lowest BCUT2D eigenvalue weighted by Crippen LogP contribution is -2.32. The second-order valence-corrected chi connectivity index (χ2v) is 4.99. The maximum Gasteiger partial charge on any atom is 0.182 e. The van der Waals surface area contributed by atoms with E-state index >= 15 is 0 Å². The van der Waals surface area contributed by atoms with E-state index in [4.69, 9.17) is 0 Å². The zero-order chi connectivity index (χ0) is 13.6. The number of aromatic amines is 1. The molecular formula is C14H14F2N2O. The minimum Gasteiger partial charge on any atom is -0.360 e. The van der Waals surface area contributed by atoms with E-state index < -0.39 is 11.6 Å². The number of halogens is 2. The molecule has 1 saturated heterocycles. The Hall–Kier alpha value is -1.75. The molecule has 1 N–H and O–H groups in total. The van der Waals surface area contributed by atoms with Crippen molar-refractivity contribution in [3.8, 4) is 0 Å². The van der Waals surface area contributed by atoms with Gasteiger partial charge in [-0.1, -0.05) is 0 Å². The van der Waals surface area contributed by atoms with E-state index in [0.29, 0.717) is 5.52 Å². The van der Waals surface area contributed by atoms with Crippen LogP contribution in [0.2, 0.25) is 0 Å². The van der Waals surface area contributed by atoms with E-state index in [0.717, 1.165) is 25.5 Å². The van der Waals surface area contributed by atoms with E-state index in [9.17, 15) is 13.6 Å². The fraction of sp³-hybridized carbons (Fsp3) is 0.357. The van der Waals surface area contributed by atoms with Gasteiger partial charge in [0.1, 0.15) is 0 Å². The first-order chi connectivity index (χ1) is 9.09. The molecule has 0 amide bonds. The highest BCUT2D eigenvalue weighted by Crippen LogP contribution is 2.27. The number of aromatic nitrogens is 1. The topological polar surface area (TPSA) is 36.1 Å². The van der Waals surface area contributed by atoms with Crippen molar-refractivity contribution in [1.29, 1.82) is 0 Å². The van der Waals surface area contributed by atoms with Gasteiger partial charge in [-0.15, -0.1) is 0 Å². The number of hydrogen-bond donors (Lipinski definition) is 1. The van der Waals surface area contributed by atoms with Crippen molar-refractivity contribution in [3.05, 3.63) is 35.5 Å². The molecule has 2 aromatic rings. The molecule has 2 heterocycles. The molecule has 5 heteroatoms. The van der Waals surface area contributed by atoms with Crippen LogP contribution in [0.15, 0.2) is 18.3 Å². The maximum absolute atomic E-state index is 13.9. The summed E-state index contributed by atoms with van der Waals surface area (Å²) in [6, 6.07) is 2.27. The third-order valence-corrected chi connectivity index (χ3v) is 3.82. The Labute approximate surface area is 109 Å². The molecular weight excluding hydrogens is 250 g/mol. The van der Waals surface area contributed by atoms with Gasteiger partial charge < -0.3 is 4.98 Å². The second-order valence-electron chi connectivity index (χ2n) is 4.99. The van der Waals surface area contributed by atoms with Gasteiger partial charge in [0.25, 0.3) is 0 Å². The fourth-order valence-electron chi connectivity index (χ4n) is 2.77. The molecule has 1 aliphatic rings. The fourth-order valence-corrected chi connectivity index (χ4v) is 2.77. The summed E-state index contributed by atoms with van der Waals surface area (Å²) in [4.78, 5) is 17.2. The van der Waals surface area contributed by atoms with Gasteiger partial charge in [0.15, 0.2) is 17.4 Å². The van der Waals surface area contributed by atoms with E-state index in [2.05, 4.69) is 4.98 Å². The number of nitrogens with zero attached hydrogens (tertiary/aromatic N) is 1. The van der Waals surface area contributed by atoms with Crippen LogP contribution in [-0.2, 0) is 0 Å². The summed E-state index contributed by atoms with van der Waals surface area (Å²) in [6.07, 6.45) is 3.19. The van der Waals surface area contributed by atoms with Crippen molar-refractivity contribution in [3.63, 3.8) is 0 Å². The van der Waals surface area contributed by atoms with Gasteiger partial charge in [0.2, 0.25) is 0 Å². The number of ketones is 1. The number of fused-ring (bicyclic) bond motifs is 1. The average molecular weight is 264 g/mol. The first-order valence-electron chi connectivity index (χ1n) is 6.29. The van der Waals surface area contributed by atoms with Gasteiger partial charge >= 0.3 is 0 Å². The first-order valence-corrected chi connectivity index (χ1v) is 6.29. The van der Waals surface area contributed by atoms with Crippen LogP contribution in [0.4, 0.5) is 8.78 Å². The van der Waals surface area contributed by atoms with Crippen LogP contribution in [-0.4, -0.2) is 35.3 Å². The van der Waals surface area contributed by atoms with Crippen molar-refractivity contribution in [1.82, 2.24) is 9.88 Å². The Bertz CT molecular complexity index is 650. The summed E-state index contributed by atoms with van der Waals surface area (Å²) in [6.45, 7) is 0.857. The van der Waals surface area contributed by atoms with Gasteiger partial charge in [-0.25, -0.2) is 8.78 Å².